The molecule has 2 atom stereocenters. The van der Waals surface area contributed by atoms with Crippen LogP contribution < -0.4 is 10.1 Å². The maximum atomic E-state index is 11.6. The lowest BCUT2D eigenvalue weighted by molar-refractivity contribution is 0.260. The van der Waals surface area contributed by atoms with E-state index in [0.29, 0.717) is 18.6 Å². The molecule has 0 spiro atoms. The van der Waals surface area contributed by atoms with Gasteiger partial charge in [0.15, 0.2) is 0 Å². The van der Waals surface area contributed by atoms with E-state index in [9.17, 15) is 4.79 Å². The maximum Gasteiger partial charge on any atom is 0.284 e. The number of rotatable bonds is 4. The van der Waals surface area contributed by atoms with Crippen LogP contribution in [0.1, 0.15) is 20.3 Å². The topological polar surface area (TPSA) is 38.3 Å². The lowest BCUT2D eigenvalue weighted by atomic mass is 10.3. The third kappa shape index (κ3) is 3.66. The van der Waals surface area contributed by atoms with E-state index in [1.165, 1.54) is 11.8 Å². The van der Waals surface area contributed by atoms with Gasteiger partial charge in [0.05, 0.1) is 6.61 Å². The third-order valence-corrected chi connectivity index (χ3v) is 3.57. The highest BCUT2D eigenvalue weighted by Gasteiger charge is 2.33. The Morgan fingerprint density at radius 2 is 2.12 bits per heavy atom. The zero-order valence-electron chi connectivity index (χ0n) is 10.1. The Kier molecular flexibility index (Phi) is 3.94. The van der Waals surface area contributed by atoms with Gasteiger partial charge in [-0.1, -0.05) is 6.92 Å². The van der Waals surface area contributed by atoms with Crippen LogP contribution in [-0.2, 0) is 0 Å². The third-order valence-electron chi connectivity index (χ3n) is 2.76. The van der Waals surface area contributed by atoms with E-state index < -0.39 is 0 Å². The van der Waals surface area contributed by atoms with E-state index in [4.69, 9.17) is 4.74 Å². The first-order valence-corrected chi connectivity index (χ1v) is 6.72. The van der Waals surface area contributed by atoms with Crippen molar-refractivity contribution in [3.05, 3.63) is 24.3 Å². The molecule has 4 heteroatoms. The fourth-order valence-electron chi connectivity index (χ4n) is 1.58. The van der Waals surface area contributed by atoms with Gasteiger partial charge in [-0.15, -0.1) is 0 Å². The Morgan fingerprint density at radius 3 is 2.65 bits per heavy atom. The molecule has 1 aromatic rings. The Labute approximate surface area is 106 Å². The molecule has 1 fully saturated rings. The summed E-state index contributed by atoms with van der Waals surface area (Å²) in [6.45, 7) is 4.76. The highest BCUT2D eigenvalue weighted by atomic mass is 32.2. The van der Waals surface area contributed by atoms with Crippen molar-refractivity contribution in [3.63, 3.8) is 0 Å². The maximum absolute atomic E-state index is 11.6. The number of hydrogen-bond donors (Lipinski definition) is 1. The summed E-state index contributed by atoms with van der Waals surface area (Å²) < 4.78 is 5.34. The summed E-state index contributed by atoms with van der Waals surface area (Å²) >= 11 is 1.24. The van der Waals surface area contributed by atoms with Gasteiger partial charge < -0.3 is 10.1 Å². The van der Waals surface area contributed by atoms with Gasteiger partial charge in [-0.25, -0.2) is 0 Å². The molecule has 1 saturated carbocycles. The van der Waals surface area contributed by atoms with Gasteiger partial charge in [0.1, 0.15) is 5.75 Å². The molecule has 0 aliphatic heterocycles. The second-order valence-electron chi connectivity index (χ2n) is 4.26. The lowest BCUT2D eigenvalue weighted by Crippen LogP contribution is -2.21. The van der Waals surface area contributed by atoms with Gasteiger partial charge in [0.25, 0.3) is 5.24 Å². The predicted octanol–water partition coefficient (Wildman–Crippen LogP) is 3.30. The number of carbonyl (C=O) groups excluding carboxylic acids is 1. The number of hydrogen-bond acceptors (Lipinski definition) is 3. The molecule has 1 amide bonds. The average Bonchev–Trinajstić information content (AvgIpc) is 2.97. The number of nitrogens with one attached hydrogen (secondary N) is 1. The van der Waals surface area contributed by atoms with Gasteiger partial charge in [-0.05, 0) is 55.3 Å². The number of benzene rings is 1. The molecule has 1 aromatic carbocycles. The molecule has 0 aromatic heterocycles. The molecule has 0 heterocycles. The van der Waals surface area contributed by atoms with Crippen LogP contribution in [0.2, 0.25) is 0 Å². The summed E-state index contributed by atoms with van der Waals surface area (Å²) in [7, 11) is 0. The van der Waals surface area contributed by atoms with Crippen LogP contribution in [0.5, 0.6) is 5.75 Å². The van der Waals surface area contributed by atoms with Crippen LogP contribution >= 0.6 is 11.8 Å². The Balaban J connectivity index is 1.83. The SMILES string of the molecule is CCOc1ccc(SC(=O)NC2CC2C)cc1. The fraction of sp³-hybridized carbons (Fsp3) is 0.462. The minimum atomic E-state index is 0.0310. The largest absolute Gasteiger partial charge is 0.494 e. The summed E-state index contributed by atoms with van der Waals surface area (Å²) in [4.78, 5) is 12.6. The number of thioether (sulfide) groups is 1. The molecule has 17 heavy (non-hydrogen) atoms. The van der Waals surface area contributed by atoms with Crippen molar-refractivity contribution in [3.8, 4) is 5.75 Å². The minimum absolute atomic E-state index is 0.0310. The quantitative estimate of drug-likeness (QED) is 0.834. The Hall–Kier alpha value is -1.16. The van der Waals surface area contributed by atoms with Crippen molar-refractivity contribution in [2.45, 2.75) is 31.2 Å². The summed E-state index contributed by atoms with van der Waals surface area (Å²) in [6, 6.07) is 7.98. The first kappa shape index (κ1) is 12.3. The van der Waals surface area contributed by atoms with Gasteiger partial charge in [-0.2, -0.15) is 0 Å². The zero-order chi connectivity index (χ0) is 12.3. The molecule has 0 bridgehead atoms. The minimum Gasteiger partial charge on any atom is -0.494 e. The molecule has 0 radical (unpaired) electrons. The molecular weight excluding hydrogens is 234 g/mol. The van der Waals surface area contributed by atoms with E-state index in [1.807, 2.05) is 31.2 Å². The van der Waals surface area contributed by atoms with Gasteiger partial charge in [0, 0.05) is 10.9 Å². The molecule has 2 unspecified atom stereocenters. The van der Waals surface area contributed by atoms with Gasteiger partial charge >= 0.3 is 0 Å². The van der Waals surface area contributed by atoms with Crippen LogP contribution in [0.25, 0.3) is 0 Å². The number of carbonyl (C=O) groups is 1. The van der Waals surface area contributed by atoms with E-state index in [0.717, 1.165) is 17.1 Å². The zero-order valence-corrected chi connectivity index (χ0v) is 10.9. The van der Waals surface area contributed by atoms with Crippen molar-refractivity contribution >= 4 is 17.0 Å². The van der Waals surface area contributed by atoms with Crippen LogP contribution in [0.15, 0.2) is 29.2 Å². The van der Waals surface area contributed by atoms with Crippen molar-refractivity contribution in [1.29, 1.82) is 0 Å². The number of amides is 1. The first-order chi connectivity index (χ1) is 8.19. The summed E-state index contributed by atoms with van der Waals surface area (Å²) in [5.74, 6) is 1.48. The van der Waals surface area contributed by atoms with Crippen LogP contribution in [0, 0.1) is 5.92 Å². The Morgan fingerprint density at radius 1 is 1.47 bits per heavy atom. The van der Waals surface area contributed by atoms with E-state index in [2.05, 4.69) is 12.2 Å². The first-order valence-electron chi connectivity index (χ1n) is 5.90. The molecule has 1 N–H and O–H groups in total. The molecule has 1 aliphatic rings. The second kappa shape index (κ2) is 5.45. The monoisotopic (exact) mass is 251 g/mol. The van der Waals surface area contributed by atoms with Gasteiger partial charge in [0.2, 0.25) is 0 Å². The lowest BCUT2D eigenvalue weighted by Gasteiger charge is -2.05. The van der Waals surface area contributed by atoms with Crippen LogP contribution in [0.3, 0.4) is 0 Å². The fourth-order valence-corrected chi connectivity index (χ4v) is 2.28. The molecule has 3 nitrogen and oxygen atoms in total. The highest BCUT2D eigenvalue weighted by Crippen LogP contribution is 2.30. The Bertz CT molecular complexity index is 391. The van der Waals surface area contributed by atoms with Gasteiger partial charge in [-0.3, -0.25) is 4.79 Å². The van der Waals surface area contributed by atoms with Crippen molar-refractivity contribution in [1.82, 2.24) is 5.32 Å². The average molecular weight is 251 g/mol. The smallest absolute Gasteiger partial charge is 0.284 e. The molecule has 2 rings (SSSR count). The van der Waals surface area contributed by atoms with E-state index >= 15 is 0 Å². The summed E-state index contributed by atoms with van der Waals surface area (Å²) in [5, 5.41) is 3.02. The molecular formula is C13H17NO2S. The van der Waals surface area contributed by atoms with Crippen LogP contribution in [-0.4, -0.2) is 17.9 Å². The normalized spacial score (nSPS) is 22.0. The second-order valence-corrected chi connectivity index (χ2v) is 5.30. The summed E-state index contributed by atoms with van der Waals surface area (Å²) in [6.07, 6.45) is 1.11. The molecule has 92 valence electrons. The molecule has 0 saturated heterocycles. The van der Waals surface area contributed by atoms with E-state index in [-0.39, 0.29) is 5.24 Å². The summed E-state index contributed by atoms with van der Waals surface area (Å²) in [5.41, 5.74) is 0. The van der Waals surface area contributed by atoms with E-state index in [1.54, 1.807) is 0 Å². The van der Waals surface area contributed by atoms with Crippen molar-refractivity contribution < 1.29 is 9.53 Å². The standard InChI is InChI=1S/C13H17NO2S/c1-3-16-10-4-6-11(7-5-10)17-13(15)14-12-8-9(12)2/h4-7,9,12H,3,8H2,1-2H3,(H,14,15). The molecule has 1 aliphatic carbocycles. The van der Waals surface area contributed by atoms with Crippen molar-refractivity contribution in [2.24, 2.45) is 5.92 Å². The number of ether oxygens (including phenoxy) is 1. The predicted molar refractivity (Wildman–Crippen MR) is 69.6 cm³/mol. The van der Waals surface area contributed by atoms with Crippen LogP contribution in [0.4, 0.5) is 4.79 Å². The highest BCUT2D eigenvalue weighted by molar-refractivity contribution is 8.13. The van der Waals surface area contributed by atoms with Crippen molar-refractivity contribution in [2.75, 3.05) is 6.61 Å².